The van der Waals surface area contributed by atoms with E-state index >= 15 is 0 Å². The standard InChI is InChI=1S/C13H17N7S/c1-3-4-14-13-18-11(10-6-16-20-12(10)19-13)15-5-9-7-21-8(2)17-9/h6-7H,3-5H2,1-2H3,(H3,14,15,16,18,19,20). The zero-order chi connectivity index (χ0) is 14.7. The first-order chi connectivity index (χ1) is 10.3. The third-order valence-electron chi connectivity index (χ3n) is 2.95. The Morgan fingerprint density at radius 3 is 2.90 bits per heavy atom. The van der Waals surface area contributed by atoms with Gasteiger partial charge in [0.05, 0.1) is 28.8 Å². The summed E-state index contributed by atoms with van der Waals surface area (Å²) in [5.41, 5.74) is 1.73. The number of nitrogens with one attached hydrogen (secondary N) is 3. The predicted octanol–water partition coefficient (Wildman–Crippen LogP) is 2.55. The van der Waals surface area contributed by atoms with E-state index < -0.39 is 0 Å². The summed E-state index contributed by atoms with van der Waals surface area (Å²) in [6.45, 7) is 5.57. The Hall–Kier alpha value is -2.22. The summed E-state index contributed by atoms with van der Waals surface area (Å²) in [6, 6.07) is 0. The van der Waals surface area contributed by atoms with E-state index in [4.69, 9.17) is 0 Å². The minimum atomic E-state index is 0.602. The fraction of sp³-hybridized carbons (Fsp3) is 0.385. The predicted molar refractivity (Wildman–Crippen MR) is 84.6 cm³/mol. The third-order valence-corrected chi connectivity index (χ3v) is 3.77. The molecular weight excluding hydrogens is 286 g/mol. The molecular formula is C13H17N7S. The van der Waals surface area contributed by atoms with Crippen LogP contribution in [0.25, 0.3) is 11.0 Å². The molecule has 0 spiro atoms. The largest absolute Gasteiger partial charge is 0.364 e. The Balaban J connectivity index is 1.83. The Labute approximate surface area is 126 Å². The van der Waals surface area contributed by atoms with E-state index in [2.05, 4.69) is 42.7 Å². The molecule has 0 saturated carbocycles. The molecule has 0 unspecified atom stereocenters. The van der Waals surface area contributed by atoms with E-state index in [9.17, 15) is 0 Å². The molecule has 0 aliphatic rings. The lowest BCUT2D eigenvalue weighted by Crippen LogP contribution is -2.08. The molecule has 110 valence electrons. The van der Waals surface area contributed by atoms with Crippen LogP contribution in [0.5, 0.6) is 0 Å². The maximum absolute atomic E-state index is 4.51. The zero-order valence-electron chi connectivity index (χ0n) is 12.0. The maximum Gasteiger partial charge on any atom is 0.226 e. The van der Waals surface area contributed by atoms with Crippen molar-refractivity contribution < 1.29 is 0 Å². The Kier molecular flexibility index (Phi) is 3.96. The summed E-state index contributed by atoms with van der Waals surface area (Å²) in [6.07, 6.45) is 2.75. The van der Waals surface area contributed by atoms with Crippen molar-refractivity contribution in [2.75, 3.05) is 17.2 Å². The average molecular weight is 303 g/mol. The summed E-state index contributed by atoms with van der Waals surface area (Å²) in [4.78, 5) is 13.4. The topological polar surface area (TPSA) is 91.4 Å². The smallest absolute Gasteiger partial charge is 0.226 e. The van der Waals surface area contributed by atoms with Crippen LogP contribution in [0.2, 0.25) is 0 Å². The molecule has 0 aliphatic heterocycles. The van der Waals surface area contributed by atoms with E-state index in [1.54, 1.807) is 17.5 Å². The molecule has 0 fully saturated rings. The first-order valence-corrected chi connectivity index (χ1v) is 7.74. The summed E-state index contributed by atoms with van der Waals surface area (Å²) >= 11 is 1.64. The number of hydrogen-bond acceptors (Lipinski definition) is 7. The fourth-order valence-corrected chi connectivity index (χ4v) is 2.56. The van der Waals surface area contributed by atoms with Gasteiger partial charge in [-0.3, -0.25) is 5.10 Å². The zero-order valence-corrected chi connectivity index (χ0v) is 12.8. The number of fused-ring (bicyclic) bond motifs is 1. The molecule has 8 heteroatoms. The molecule has 3 heterocycles. The fourth-order valence-electron chi connectivity index (χ4n) is 1.95. The van der Waals surface area contributed by atoms with E-state index in [0.717, 1.165) is 40.5 Å². The van der Waals surface area contributed by atoms with Crippen LogP contribution in [0, 0.1) is 6.92 Å². The summed E-state index contributed by atoms with van der Waals surface area (Å²) in [5, 5.41) is 17.4. The Morgan fingerprint density at radius 1 is 1.24 bits per heavy atom. The van der Waals surface area contributed by atoms with Crippen LogP contribution in [-0.2, 0) is 6.54 Å². The van der Waals surface area contributed by atoms with E-state index in [1.807, 2.05) is 12.3 Å². The van der Waals surface area contributed by atoms with Gasteiger partial charge in [0.2, 0.25) is 5.95 Å². The lowest BCUT2D eigenvalue weighted by atomic mass is 10.3. The SMILES string of the molecule is CCCNc1nc(NCc2csc(C)n2)c2cn[nH]c2n1. The number of aromatic nitrogens is 5. The van der Waals surface area contributed by atoms with Crippen molar-refractivity contribution >= 4 is 34.1 Å². The molecule has 0 aliphatic carbocycles. The number of nitrogens with zero attached hydrogens (tertiary/aromatic N) is 4. The van der Waals surface area contributed by atoms with Crippen molar-refractivity contribution in [3.63, 3.8) is 0 Å². The first-order valence-electron chi connectivity index (χ1n) is 6.86. The number of aryl methyl sites for hydroxylation is 1. The van der Waals surface area contributed by atoms with E-state index in [1.165, 1.54) is 0 Å². The number of hydrogen-bond donors (Lipinski definition) is 3. The number of rotatable bonds is 6. The van der Waals surface area contributed by atoms with Crippen LogP contribution in [-0.4, -0.2) is 31.7 Å². The van der Waals surface area contributed by atoms with Gasteiger partial charge in [-0.1, -0.05) is 6.92 Å². The molecule has 21 heavy (non-hydrogen) atoms. The Morgan fingerprint density at radius 2 is 2.14 bits per heavy atom. The molecule has 0 saturated heterocycles. The minimum Gasteiger partial charge on any atom is -0.364 e. The molecule has 3 N–H and O–H groups in total. The van der Waals surface area contributed by atoms with Crippen molar-refractivity contribution in [2.24, 2.45) is 0 Å². The van der Waals surface area contributed by atoms with Gasteiger partial charge in [-0.05, 0) is 13.3 Å². The number of thiazole rings is 1. The highest BCUT2D eigenvalue weighted by Crippen LogP contribution is 2.20. The molecule has 0 atom stereocenters. The highest BCUT2D eigenvalue weighted by Gasteiger charge is 2.09. The summed E-state index contributed by atoms with van der Waals surface area (Å²) in [7, 11) is 0. The van der Waals surface area contributed by atoms with Crippen LogP contribution in [0.1, 0.15) is 24.0 Å². The minimum absolute atomic E-state index is 0.602. The highest BCUT2D eigenvalue weighted by atomic mass is 32.1. The van der Waals surface area contributed by atoms with Gasteiger partial charge in [-0.25, -0.2) is 4.98 Å². The van der Waals surface area contributed by atoms with E-state index in [0.29, 0.717) is 12.5 Å². The van der Waals surface area contributed by atoms with Gasteiger partial charge in [0.15, 0.2) is 5.65 Å². The second-order valence-corrected chi connectivity index (χ2v) is 5.73. The van der Waals surface area contributed by atoms with Gasteiger partial charge in [-0.2, -0.15) is 15.1 Å². The van der Waals surface area contributed by atoms with Crippen LogP contribution in [0.3, 0.4) is 0 Å². The molecule has 0 radical (unpaired) electrons. The van der Waals surface area contributed by atoms with Crippen LogP contribution >= 0.6 is 11.3 Å². The van der Waals surface area contributed by atoms with Crippen molar-refractivity contribution in [1.29, 1.82) is 0 Å². The highest BCUT2D eigenvalue weighted by molar-refractivity contribution is 7.09. The quantitative estimate of drug-likeness (QED) is 0.648. The first kappa shape index (κ1) is 13.7. The van der Waals surface area contributed by atoms with Crippen LogP contribution < -0.4 is 10.6 Å². The van der Waals surface area contributed by atoms with Gasteiger partial charge < -0.3 is 10.6 Å². The van der Waals surface area contributed by atoms with Crippen LogP contribution in [0.4, 0.5) is 11.8 Å². The van der Waals surface area contributed by atoms with E-state index in [-0.39, 0.29) is 0 Å². The molecule has 3 aromatic rings. The second kappa shape index (κ2) is 6.04. The van der Waals surface area contributed by atoms with Crippen molar-refractivity contribution in [2.45, 2.75) is 26.8 Å². The second-order valence-electron chi connectivity index (χ2n) is 4.67. The Bertz CT molecular complexity index is 733. The maximum atomic E-state index is 4.51. The lowest BCUT2D eigenvalue weighted by molar-refractivity contribution is 0.952. The molecule has 0 aromatic carbocycles. The van der Waals surface area contributed by atoms with Crippen LogP contribution in [0.15, 0.2) is 11.6 Å². The van der Waals surface area contributed by atoms with Gasteiger partial charge in [0.25, 0.3) is 0 Å². The van der Waals surface area contributed by atoms with Crippen molar-refractivity contribution in [3.8, 4) is 0 Å². The summed E-state index contributed by atoms with van der Waals surface area (Å²) < 4.78 is 0. The molecule has 3 rings (SSSR count). The van der Waals surface area contributed by atoms with Gasteiger partial charge >= 0.3 is 0 Å². The van der Waals surface area contributed by atoms with Crippen molar-refractivity contribution in [1.82, 2.24) is 25.1 Å². The van der Waals surface area contributed by atoms with Crippen molar-refractivity contribution in [3.05, 3.63) is 22.3 Å². The number of anilines is 2. The molecule has 3 aromatic heterocycles. The van der Waals surface area contributed by atoms with Gasteiger partial charge in [-0.15, -0.1) is 11.3 Å². The third kappa shape index (κ3) is 3.10. The number of aromatic amines is 1. The lowest BCUT2D eigenvalue weighted by Gasteiger charge is -2.08. The average Bonchev–Trinajstić information content (AvgIpc) is 3.11. The normalized spacial score (nSPS) is 11.0. The molecule has 7 nitrogen and oxygen atoms in total. The molecule has 0 amide bonds. The number of H-pyrrole nitrogens is 1. The van der Waals surface area contributed by atoms with Gasteiger partial charge in [0, 0.05) is 11.9 Å². The molecule has 0 bridgehead atoms. The summed E-state index contributed by atoms with van der Waals surface area (Å²) in [5.74, 6) is 1.36. The van der Waals surface area contributed by atoms with Gasteiger partial charge in [0.1, 0.15) is 5.82 Å². The monoisotopic (exact) mass is 303 g/mol.